The number of hydrogen-bond acceptors (Lipinski definition) is 5. The van der Waals surface area contributed by atoms with Gasteiger partial charge in [-0.05, 0) is 31.9 Å². The molecule has 0 aromatic heterocycles. The number of rotatable bonds is 6. The van der Waals surface area contributed by atoms with E-state index < -0.39 is 46.9 Å². The van der Waals surface area contributed by atoms with Gasteiger partial charge in [0.1, 0.15) is 22.9 Å². The van der Waals surface area contributed by atoms with Crippen LogP contribution in [0.3, 0.4) is 0 Å². The Morgan fingerprint density at radius 1 is 1.24 bits per heavy atom. The maximum Gasteiger partial charge on any atom is 0.325 e. The minimum atomic E-state index is -1.33. The topological polar surface area (TPSA) is 105 Å². The van der Waals surface area contributed by atoms with Crippen molar-refractivity contribution in [3.63, 3.8) is 0 Å². The first-order chi connectivity index (χ1) is 13.7. The number of nitrogens with zero attached hydrogens (tertiary/aromatic N) is 1. The molecule has 0 radical (unpaired) electrons. The summed E-state index contributed by atoms with van der Waals surface area (Å²) in [4.78, 5) is 49.6. The molecule has 2 N–H and O–H groups in total. The van der Waals surface area contributed by atoms with Crippen LogP contribution in [-0.4, -0.2) is 46.9 Å². The van der Waals surface area contributed by atoms with E-state index in [1.807, 2.05) is 5.32 Å². The van der Waals surface area contributed by atoms with Crippen LogP contribution in [0.2, 0.25) is 0 Å². The fourth-order valence-electron chi connectivity index (χ4n) is 3.55. The summed E-state index contributed by atoms with van der Waals surface area (Å²) in [7, 11) is 0. The van der Waals surface area contributed by atoms with Crippen molar-refractivity contribution >= 4 is 29.5 Å². The molecule has 0 unspecified atom stereocenters. The van der Waals surface area contributed by atoms with Gasteiger partial charge in [-0.1, -0.05) is 18.9 Å². The molecule has 3 rings (SSSR count). The van der Waals surface area contributed by atoms with E-state index in [4.69, 9.17) is 4.74 Å². The van der Waals surface area contributed by atoms with Crippen LogP contribution in [0.25, 0.3) is 0 Å². The van der Waals surface area contributed by atoms with Gasteiger partial charge in [-0.3, -0.25) is 19.3 Å². The molecule has 0 bridgehead atoms. The molecular weight excluding hydrogens is 388 g/mol. The number of urea groups is 1. The molecule has 1 heterocycles. The summed E-state index contributed by atoms with van der Waals surface area (Å²) in [6.45, 7) is 1.06. The molecule has 156 valence electrons. The number of carbonyl (C=O) groups is 4. The first-order valence-corrected chi connectivity index (χ1v) is 9.32. The number of hydrogen-bond donors (Lipinski definition) is 2. The summed E-state index contributed by atoms with van der Waals surface area (Å²) in [6, 6.07) is 2.55. The number of halogens is 2. The summed E-state index contributed by atoms with van der Waals surface area (Å²) in [6.07, 6.45) is 1.20. The summed E-state index contributed by atoms with van der Waals surface area (Å²) >= 11 is 0. The van der Waals surface area contributed by atoms with Crippen LogP contribution >= 0.6 is 0 Å². The molecule has 8 nitrogen and oxygen atoms in total. The lowest BCUT2D eigenvalue weighted by Crippen LogP contribution is -2.44. The maximum atomic E-state index is 13.6. The SMILES string of the molecule is C[C@H](OC(=O)CCN1C(=O)NC2(CCCC2)C1=O)C(=O)Nc1c(F)cccc1F. The Hall–Kier alpha value is -3.04. The number of esters is 1. The number of imide groups is 1. The van der Waals surface area contributed by atoms with E-state index in [-0.39, 0.29) is 18.9 Å². The molecule has 10 heteroatoms. The second kappa shape index (κ2) is 8.14. The van der Waals surface area contributed by atoms with Crippen LogP contribution in [0.15, 0.2) is 18.2 Å². The van der Waals surface area contributed by atoms with Crippen molar-refractivity contribution in [3.8, 4) is 0 Å². The molecule has 2 fully saturated rings. The molecule has 1 aromatic carbocycles. The minimum absolute atomic E-state index is 0.179. The predicted molar refractivity (Wildman–Crippen MR) is 96.6 cm³/mol. The van der Waals surface area contributed by atoms with Crippen LogP contribution in [0, 0.1) is 11.6 Å². The Bertz CT molecular complexity index is 834. The van der Waals surface area contributed by atoms with Crippen molar-refractivity contribution in [1.29, 1.82) is 0 Å². The lowest BCUT2D eigenvalue weighted by molar-refractivity contribution is -0.153. The minimum Gasteiger partial charge on any atom is -0.452 e. The largest absolute Gasteiger partial charge is 0.452 e. The van der Waals surface area contributed by atoms with E-state index in [1.54, 1.807) is 0 Å². The van der Waals surface area contributed by atoms with Crippen LogP contribution in [0.1, 0.15) is 39.0 Å². The van der Waals surface area contributed by atoms with Crippen LogP contribution in [0.4, 0.5) is 19.3 Å². The fraction of sp³-hybridized carbons (Fsp3) is 0.474. The van der Waals surface area contributed by atoms with Crippen molar-refractivity contribution in [2.45, 2.75) is 50.7 Å². The number of ether oxygens (including phenoxy) is 1. The molecule has 1 atom stereocenters. The predicted octanol–water partition coefficient (Wildman–Crippen LogP) is 2.09. The van der Waals surface area contributed by atoms with Crippen molar-refractivity contribution in [1.82, 2.24) is 10.2 Å². The maximum absolute atomic E-state index is 13.6. The highest BCUT2D eigenvalue weighted by molar-refractivity contribution is 6.07. The van der Waals surface area contributed by atoms with Crippen molar-refractivity contribution in [2.24, 2.45) is 0 Å². The van der Waals surface area contributed by atoms with E-state index >= 15 is 0 Å². The lowest BCUT2D eigenvalue weighted by Gasteiger charge is -2.20. The van der Waals surface area contributed by atoms with Crippen LogP contribution in [0.5, 0.6) is 0 Å². The highest BCUT2D eigenvalue weighted by Gasteiger charge is 2.52. The smallest absolute Gasteiger partial charge is 0.325 e. The summed E-state index contributed by atoms with van der Waals surface area (Å²) in [5.41, 5.74) is -1.50. The van der Waals surface area contributed by atoms with Gasteiger partial charge in [0.2, 0.25) is 0 Å². The molecular formula is C19H21F2N3O5. The van der Waals surface area contributed by atoms with Gasteiger partial charge in [0, 0.05) is 6.54 Å². The van der Waals surface area contributed by atoms with E-state index in [2.05, 4.69) is 5.32 Å². The normalized spacial score (nSPS) is 18.7. The Kier molecular flexibility index (Phi) is 5.81. The highest BCUT2D eigenvalue weighted by atomic mass is 19.1. The lowest BCUT2D eigenvalue weighted by atomic mass is 9.98. The number of amides is 4. The number of anilines is 1. The van der Waals surface area contributed by atoms with Crippen molar-refractivity contribution in [2.75, 3.05) is 11.9 Å². The molecule has 1 saturated heterocycles. The van der Waals surface area contributed by atoms with Gasteiger partial charge in [-0.2, -0.15) is 0 Å². The molecule has 29 heavy (non-hydrogen) atoms. The second-order valence-electron chi connectivity index (χ2n) is 7.14. The number of nitrogens with one attached hydrogen (secondary N) is 2. The molecule has 2 aliphatic rings. The van der Waals surface area contributed by atoms with Gasteiger partial charge >= 0.3 is 12.0 Å². The average Bonchev–Trinajstić information content (AvgIpc) is 3.22. The van der Waals surface area contributed by atoms with E-state index in [0.29, 0.717) is 12.8 Å². The summed E-state index contributed by atoms with van der Waals surface area (Å²) in [5, 5.41) is 4.73. The quantitative estimate of drug-likeness (QED) is 0.553. The van der Waals surface area contributed by atoms with Crippen molar-refractivity contribution in [3.05, 3.63) is 29.8 Å². The molecule has 1 aromatic rings. The monoisotopic (exact) mass is 409 g/mol. The van der Waals surface area contributed by atoms with Crippen LogP contribution < -0.4 is 10.6 Å². The van der Waals surface area contributed by atoms with Gasteiger partial charge < -0.3 is 15.4 Å². The molecule has 1 saturated carbocycles. The third kappa shape index (κ3) is 4.20. The summed E-state index contributed by atoms with van der Waals surface area (Å²) in [5.74, 6) is -4.02. The Balaban J connectivity index is 1.51. The van der Waals surface area contributed by atoms with E-state index in [1.165, 1.54) is 6.92 Å². The van der Waals surface area contributed by atoms with E-state index in [0.717, 1.165) is 35.9 Å². The number of para-hydroxylation sites is 1. The first-order valence-electron chi connectivity index (χ1n) is 9.32. The summed E-state index contributed by atoms with van der Waals surface area (Å²) < 4.78 is 32.1. The zero-order valence-corrected chi connectivity index (χ0v) is 15.8. The van der Waals surface area contributed by atoms with Gasteiger partial charge in [-0.15, -0.1) is 0 Å². The highest BCUT2D eigenvalue weighted by Crippen LogP contribution is 2.35. The van der Waals surface area contributed by atoms with Gasteiger partial charge in [0.05, 0.1) is 6.42 Å². The standard InChI is InChI=1S/C19H21F2N3O5/c1-11(16(26)22-15-12(20)5-4-6-13(15)21)29-14(25)7-10-24-17(27)19(23-18(24)28)8-2-3-9-19/h4-6,11H,2-3,7-10H2,1H3,(H,22,26)(H,23,28)/t11-/m0/s1. The third-order valence-electron chi connectivity index (χ3n) is 5.13. The Morgan fingerprint density at radius 3 is 2.48 bits per heavy atom. The average molecular weight is 409 g/mol. The Morgan fingerprint density at radius 2 is 1.86 bits per heavy atom. The van der Waals surface area contributed by atoms with Crippen molar-refractivity contribution < 1.29 is 32.7 Å². The molecule has 1 spiro atoms. The second-order valence-corrected chi connectivity index (χ2v) is 7.14. The van der Waals surface area contributed by atoms with Gasteiger partial charge in [0.25, 0.3) is 11.8 Å². The van der Waals surface area contributed by atoms with Gasteiger partial charge in [0.15, 0.2) is 6.10 Å². The van der Waals surface area contributed by atoms with Gasteiger partial charge in [-0.25, -0.2) is 13.6 Å². The molecule has 1 aliphatic heterocycles. The number of carbonyl (C=O) groups excluding carboxylic acids is 4. The molecule has 1 aliphatic carbocycles. The Labute approximate surface area is 165 Å². The zero-order chi connectivity index (χ0) is 21.2. The fourth-order valence-corrected chi connectivity index (χ4v) is 3.55. The third-order valence-corrected chi connectivity index (χ3v) is 5.13. The van der Waals surface area contributed by atoms with E-state index in [9.17, 15) is 28.0 Å². The first kappa shape index (κ1) is 20.7. The molecule has 4 amide bonds. The van der Waals surface area contributed by atoms with Crippen LogP contribution in [-0.2, 0) is 19.1 Å². The number of benzene rings is 1. The zero-order valence-electron chi connectivity index (χ0n) is 15.8.